The molecule has 0 saturated carbocycles. The molecule has 0 atom stereocenters. The smallest absolute Gasteiger partial charge is 0.271 e. The van der Waals surface area contributed by atoms with Gasteiger partial charge in [0, 0.05) is 57.0 Å². The minimum Gasteiger partial charge on any atom is -0.495 e. The fourth-order valence-electron chi connectivity index (χ4n) is 3.26. The van der Waals surface area contributed by atoms with Gasteiger partial charge in [0.1, 0.15) is 11.6 Å². The molecule has 0 spiro atoms. The van der Waals surface area contributed by atoms with Crippen molar-refractivity contribution in [3.63, 3.8) is 0 Å². The van der Waals surface area contributed by atoms with Gasteiger partial charge in [0.15, 0.2) is 0 Å². The summed E-state index contributed by atoms with van der Waals surface area (Å²) in [4.78, 5) is 27.1. The van der Waals surface area contributed by atoms with Crippen LogP contribution in [0.4, 0.5) is 21.5 Å². The predicted molar refractivity (Wildman–Crippen MR) is 108 cm³/mol. The molecule has 1 heterocycles. The Morgan fingerprint density at radius 3 is 2.48 bits per heavy atom. The van der Waals surface area contributed by atoms with Gasteiger partial charge in [0.05, 0.1) is 17.7 Å². The third kappa shape index (κ3) is 5.41. The monoisotopic (exact) mass is 402 g/mol. The normalized spacial score (nSPS) is 14.5. The first-order valence-corrected chi connectivity index (χ1v) is 9.31. The fraction of sp³-hybridized carbons (Fsp3) is 0.350. The minimum atomic E-state index is -0.518. The molecule has 0 radical (unpaired) electrons. The van der Waals surface area contributed by atoms with E-state index in [-0.39, 0.29) is 29.5 Å². The molecule has 1 amide bonds. The second-order valence-corrected chi connectivity index (χ2v) is 6.74. The molecule has 154 valence electrons. The van der Waals surface area contributed by atoms with Crippen molar-refractivity contribution in [1.29, 1.82) is 0 Å². The number of nitro benzene ring substituents is 1. The number of piperazine rings is 1. The molecule has 0 aliphatic carbocycles. The largest absolute Gasteiger partial charge is 0.495 e. The number of methoxy groups -OCH3 is 1. The van der Waals surface area contributed by atoms with Crippen LogP contribution in [0.5, 0.6) is 5.75 Å². The number of anilines is 2. The lowest BCUT2D eigenvalue weighted by Gasteiger charge is -2.36. The quantitative estimate of drug-likeness (QED) is 0.566. The molecule has 29 heavy (non-hydrogen) atoms. The third-order valence-electron chi connectivity index (χ3n) is 4.89. The molecule has 1 fully saturated rings. The first-order valence-electron chi connectivity index (χ1n) is 9.31. The highest BCUT2D eigenvalue weighted by atomic mass is 19.1. The Bertz CT molecular complexity index is 867. The Balaban J connectivity index is 1.49. The van der Waals surface area contributed by atoms with Gasteiger partial charge in [0.2, 0.25) is 5.91 Å². The van der Waals surface area contributed by atoms with Gasteiger partial charge in [-0.05, 0) is 30.3 Å². The molecule has 1 saturated heterocycles. The second kappa shape index (κ2) is 9.33. The summed E-state index contributed by atoms with van der Waals surface area (Å²) < 4.78 is 18.2. The van der Waals surface area contributed by atoms with E-state index in [1.165, 1.54) is 37.4 Å². The average molecular weight is 402 g/mol. The van der Waals surface area contributed by atoms with Crippen molar-refractivity contribution in [2.75, 3.05) is 50.1 Å². The van der Waals surface area contributed by atoms with Crippen molar-refractivity contribution >= 4 is 23.0 Å². The molecular weight excluding hydrogens is 379 g/mol. The summed E-state index contributed by atoms with van der Waals surface area (Å²) in [6.45, 7) is 3.77. The fourth-order valence-corrected chi connectivity index (χ4v) is 3.26. The predicted octanol–water partition coefficient (Wildman–Crippen LogP) is 2.89. The van der Waals surface area contributed by atoms with E-state index in [0.717, 1.165) is 31.9 Å². The van der Waals surface area contributed by atoms with Gasteiger partial charge in [-0.25, -0.2) is 4.39 Å². The molecule has 0 aromatic heterocycles. The van der Waals surface area contributed by atoms with Crippen LogP contribution in [0.1, 0.15) is 6.42 Å². The zero-order chi connectivity index (χ0) is 20.8. The molecule has 1 aliphatic rings. The number of benzene rings is 2. The van der Waals surface area contributed by atoms with Crippen LogP contribution in [0.25, 0.3) is 0 Å². The number of hydrogen-bond acceptors (Lipinski definition) is 6. The number of hydrogen-bond donors (Lipinski definition) is 1. The number of ether oxygens (including phenoxy) is 1. The van der Waals surface area contributed by atoms with E-state index < -0.39 is 4.92 Å². The SMILES string of the molecule is COc1ccc([N+](=O)[O-])cc1NC(=O)CCN1CCN(c2ccc(F)cc2)CC1. The number of amides is 1. The Labute approximate surface area is 168 Å². The van der Waals surface area contributed by atoms with Crippen LogP contribution >= 0.6 is 0 Å². The van der Waals surface area contributed by atoms with Crippen molar-refractivity contribution in [3.8, 4) is 5.75 Å². The zero-order valence-corrected chi connectivity index (χ0v) is 16.1. The van der Waals surface area contributed by atoms with Gasteiger partial charge >= 0.3 is 0 Å². The third-order valence-corrected chi connectivity index (χ3v) is 4.89. The average Bonchev–Trinajstić information content (AvgIpc) is 2.73. The number of carbonyl (C=O) groups excluding carboxylic acids is 1. The molecule has 3 rings (SSSR count). The Hall–Kier alpha value is -3.20. The number of halogens is 1. The summed E-state index contributed by atoms with van der Waals surface area (Å²) in [5, 5.41) is 13.6. The van der Waals surface area contributed by atoms with E-state index in [1.54, 1.807) is 12.1 Å². The first-order chi connectivity index (χ1) is 14.0. The first kappa shape index (κ1) is 20.5. The van der Waals surface area contributed by atoms with Gasteiger partial charge < -0.3 is 15.0 Å². The Morgan fingerprint density at radius 2 is 1.86 bits per heavy atom. The van der Waals surface area contributed by atoms with Gasteiger partial charge in [0.25, 0.3) is 5.69 Å². The van der Waals surface area contributed by atoms with Crippen molar-refractivity contribution in [2.24, 2.45) is 0 Å². The summed E-state index contributed by atoms with van der Waals surface area (Å²) >= 11 is 0. The van der Waals surface area contributed by atoms with Crippen LogP contribution in [0.2, 0.25) is 0 Å². The van der Waals surface area contributed by atoms with Crippen molar-refractivity contribution in [2.45, 2.75) is 6.42 Å². The molecule has 0 bridgehead atoms. The Morgan fingerprint density at radius 1 is 1.17 bits per heavy atom. The van der Waals surface area contributed by atoms with Crippen molar-refractivity contribution < 1.29 is 18.8 Å². The molecule has 8 nitrogen and oxygen atoms in total. The number of nitrogens with one attached hydrogen (secondary N) is 1. The van der Waals surface area contributed by atoms with Crippen LogP contribution in [-0.4, -0.2) is 55.6 Å². The standard InChI is InChI=1S/C20H23FN4O4/c1-29-19-7-6-17(25(27)28)14-18(19)22-20(26)8-9-23-10-12-24(13-11-23)16-4-2-15(21)3-5-16/h2-7,14H,8-13H2,1H3,(H,22,26). The molecule has 1 N–H and O–H groups in total. The summed E-state index contributed by atoms with van der Waals surface area (Å²) in [6.07, 6.45) is 0.266. The zero-order valence-electron chi connectivity index (χ0n) is 16.1. The van der Waals surface area contributed by atoms with E-state index in [1.807, 2.05) is 0 Å². The van der Waals surface area contributed by atoms with Crippen LogP contribution in [0, 0.1) is 15.9 Å². The number of rotatable bonds is 7. The van der Waals surface area contributed by atoms with E-state index >= 15 is 0 Å². The van der Waals surface area contributed by atoms with E-state index in [4.69, 9.17) is 4.74 Å². The van der Waals surface area contributed by atoms with E-state index in [9.17, 15) is 19.3 Å². The van der Waals surface area contributed by atoms with Crippen LogP contribution < -0.4 is 15.0 Å². The second-order valence-electron chi connectivity index (χ2n) is 6.74. The lowest BCUT2D eigenvalue weighted by atomic mass is 10.2. The maximum atomic E-state index is 13.1. The molecule has 2 aromatic carbocycles. The van der Waals surface area contributed by atoms with Crippen LogP contribution in [0.15, 0.2) is 42.5 Å². The lowest BCUT2D eigenvalue weighted by Crippen LogP contribution is -2.47. The molecule has 2 aromatic rings. The number of non-ortho nitro benzene ring substituents is 1. The molecular formula is C20H23FN4O4. The van der Waals surface area contributed by atoms with Gasteiger partial charge in [-0.3, -0.25) is 19.8 Å². The van der Waals surface area contributed by atoms with E-state index in [0.29, 0.717) is 12.3 Å². The highest BCUT2D eigenvalue weighted by Crippen LogP contribution is 2.29. The summed E-state index contributed by atoms with van der Waals surface area (Å²) in [5.74, 6) is -0.111. The van der Waals surface area contributed by atoms with Crippen molar-refractivity contribution in [3.05, 3.63) is 58.4 Å². The highest BCUT2D eigenvalue weighted by Gasteiger charge is 2.19. The van der Waals surface area contributed by atoms with Gasteiger partial charge in [-0.15, -0.1) is 0 Å². The maximum Gasteiger partial charge on any atom is 0.271 e. The number of carbonyl (C=O) groups is 1. The van der Waals surface area contributed by atoms with Gasteiger partial charge in [-0.2, -0.15) is 0 Å². The summed E-state index contributed by atoms with van der Waals surface area (Å²) in [7, 11) is 1.44. The van der Waals surface area contributed by atoms with Gasteiger partial charge in [-0.1, -0.05) is 0 Å². The van der Waals surface area contributed by atoms with Crippen LogP contribution in [-0.2, 0) is 4.79 Å². The lowest BCUT2D eigenvalue weighted by molar-refractivity contribution is -0.384. The molecule has 0 unspecified atom stereocenters. The number of nitrogens with zero attached hydrogens (tertiary/aromatic N) is 3. The highest BCUT2D eigenvalue weighted by molar-refractivity contribution is 5.92. The van der Waals surface area contributed by atoms with Crippen LogP contribution in [0.3, 0.4) is 0 Å². The van der Waals surface area contributed by atoms with E-state index in [2.05, 4.69) is 15.1 Å². The summed E-state index contributed by atoms with van der Waals surface area (Å²) in [5.41, 5.74) is 1.16. The minimum absolute atomic E-state index is 0.113. The maximum absolute atomic E-state index is 13.1. The topological polar surface area (TPSA) is 87.9 Å². The number of nitro groups is 1. The molecule has 9 heteroatoms. The summed E-state index contributed by atoms with van der Waals surface area (Å²) in [6, 6.07) is 10.5. The molecule has 1 aliphatic heterocycles. The van der Waals surface area contributed by atoms with Crippen molar-refractivity contribution in [1.82, 2.24) is 4.90 Å². The Kier molecular flexibility index (Phi) is 6.61.